The fourth-order valence-electron chi connectivity index (χ4n) is 1.31. The summed E-state index contributed by atoms with van der Waals surface area (Å²) in [6.45, 7) is 2.79. The van der Waals surface area contributed by atoms with Gasteiger partial charge < -0.3 is 5.32 Å². The van der Waals surface area contributed by atoms with E-state index in [4.69, 9.17) is 0 Å². The second-order valence-electron chi connectivity index (χ2n) is 3.04. The van der Waals surface area contributed by atoms with Crippen LogP contribution in [0.1, 0.15) is 13.3 Å². The molecule has 0 saturated carbocycles. The summed E-state index contributed by atoms with van der Waals surface area (Å²) in [6, 6.07) is 9.62. The van der Waals surface area contributed by atoms with Gasteiger partial charge in [-0.2, -0.15) is 0 Å². The van der Waals surface area contributed by atoms with Crippen molar-refractivity contribution in [1.29, 1.82) is 0 Å². The van der Waals surface area contributed by atoms with Gasteiger partial charge in [0, 0.05) is 19.3 Å². The summed E-state index contributed by atoms with van der Waals surface area (Å²) in [5, 5.41) is 2.64. The zero-order valence-electron chi connectivity index (χ0n) is 8.66. The molecule has 3 heteroatoms. The van der Waals surface area contributed by atoms with E-state index in [1.54, 1.807) is 11.9 Å². The van der Waals surface area contributed by atoms with Crippen LogP contribution in [0.2, 0.25) is 0 Å². The van der Waals surface area contributed by atoms with Gasteiger partial charge in [0.2, 0.25) is 0 Å². The molecule has 14 heavy (non-hydrogen) atoms. The van der Waals surface area contributed by atoms with Crippen molar-refractivity contribution in [2.24, 2.45) is 0 Å². The zero-order valence-corrected chi connectivity index (χ0v) is 8.66. The third-order valence-corrected chi connectivity index (χ3v) is 1.97. The van der Waals surface area contributed by atoms with E-state index in [-0.39, 0.29) is 6.03 Å². The van der Waals surface area contributed by atoms with Gasteiger partial charge in [0.05, 0.1) is 0 Å². The molecule has 0 saturated heterocycles. The number of nitrogens with one attached hydrogen (secondary N) is 1. The maximum atomic E-state index is 11.5. The number of anilines is 1. The standard InChI is InChI=1S/C11H16N2O/c1-3-9-13(11(14)12-2)10-7-5-4-6-8-10/h4-8H,3,9H2,1-2H3,(H,12,14). The predicted molar refractivity (Wildman–Crippen MR) is 58.5 cm³/mol. The molecular weight excluding hydrogens is 176 g/mol. The summed E-state index contributed by atoms with van der Waals surface area (Å²) in [4.78, 5) is 13.3. The molecule has 0 aliphatic heterocycles. The van der Waals surface area contributed by atoms with Crippen molar-refractivity contribution in [3.8, 4) is 0 Å². The number of nitrogens with zero attached hydrogens (tertiary/aromatic N) is 1. The number of rotatable bonds is 3. The van der Waals surface area contributed by atoms with Gasteiger partial charge in [0.25, 0.3) is 0 Å². The predicted octanol–water partition coefficient (Wildman–Crippen LogP) is 2.24. The van der Waals surface area contributed by atoms with Gasteiger partial charge in [-0.1, -0.05) is 25.1 Å². The van der Waals surface area contributed by atoms with Gasteiger partial charge in [-0.3, -0.25) is 4.90 Å². The normalized spacial score (nSPS) is 9.57. The van der Waals surface area contributed by atoms with Crippen LogP contribution in [0.3, 0.4) is 0 Å². The highest BCUT2D eigenvalue weighted by molar-refractivity contribution is 5.91. The maximum Gasteiger partial charge on any atom is 0.321 e. The highest BCUT2D eigenvalue weighted by atomic mass is 16.2. The summed E-state index contributed by atoms with van der Waals surface area (Å²) in [5.41, 5.74) is 0.939. The van der Waals surface area contributed by atoms with Crippen LogP contribution in [0.5, 0.6) is 0 Å². The van der Waals surface area contributed by atoms with E-state index in [1.807, 2.05) is 30.3 Å². The van der Waals surface area contributed by atoms with E-state index >= 15 is 0 Å². The Morgan fingerprint density at radius 1 is 1.36 bits per heavy atom. The van der Waals surface area contributed by atoms with E-state index in [2.05, 4.69) is 12.2 Å². The van der Waals surface area contributed by atoms with Gasteiger partial charge in [0.15, 0.2) is 0 Å². The van der Waals surface area contributed by atoms with Crippen LogP contribution in [0.15, 0.2) is 30.3 Å². The van der Waals surface area contributed by atoms with E-state index in [1.165, 1.54) is 0 Å². The Morgan fingerprint density at radius 2 is 2.00 bits per heavy atom. The smallest absolute Gasteiger partial charge is 0.321 e. The Balaban J connectivity index is 2.83. The average molecular weight is 192 g/mol. The molecule has 0 radical (unpaired) electrons. The zero-order chi connectivity index (χ0) is 10.4. The Labute approximate surface area is 84.7 Å². The van der Waals surface area contributed by atoms with Crippen molar-refractivity contribution in [1.82, 2.24) is 5.32 Å². The Morgan fingerprint density at radius 3 is 2.50 bits per heavy atom. The topological polar surface area (TPSA) is 32.3 Å². The van der Waals surface area contributed by atoms with Crippen LogP contribution in [0.4, 0.5) is 10.5 Å². The van der Waals surface area contributed by atoms with Crippen LogP contribution < -0.4 is 10.2 Å². The number of carbonyl (C=O) groups excluding carboxylic acids is 1. The first-order valence-electron chi connectivity index (χ1n) is 4.84. The average Bonchev–Trinajstić information content (AvgIpc) is 2.26. The highest BCUT2D eigenvalue weighted by Gasteiger charge is 2.11. The number of amides is 2. The first kappa shape index (κ1) is 10.6. The van der Waals surface area contributed by atoms with Gasteiger partial charge in [-0.25, -0.2) is 4.79 Å². The molecule has 1 N–H and O–H groups in total. The lowest BCUT2D eigenvalue weighted by atomic mass is 10.3. The third kappa shape index (κ3) is 2.49. The van der Waals surface area contributed by atoms with E-state index < -0.39 is 0 Å². The Hall–Kier alpha value is -1.51. The molecule has 0 spiro atoms. The minimum atomic E-state index is -0.0574. The molecule has 0 heterocycles. The SMILES string of the molecule is CCCN(C(=O)NC)c1ccccc1. The van der Waals surface area contributed by atoms with Gasteiger partial charge >= 0.3 is 6.03 Å². The van der Waals surface area contributed by atoms with Crippen LogP contribution in [0.25, 0.3) is 0 Å². The van der Waals surface area contributed by atoms with Crippen molar-refractivity contribution < 1.29 is 4.79 Å². The molecule has 1 aromatic carbocycles. The summed E-state index contributed by atoms with van der Waals surface area (Å²) >= 11 is 0. The minimum Gasteiger partial charge on any atom is -0.341 e. The number of hydrogen-bond donors (Lipinski definition) is 1. The van der Waals surface area contributed by atoms with Crippen LogP contribution in [-0.2, 0) is 0 Å². The van der Waals surface area contributed by atoms with E-state index in [0.29, 0.717) is 0 Å². The van der Waals surface area contributed by atoms with E-state index in [9.17, 15) is 4.79 Å². The lowest BCUT2D eigenvalue weighted by Gasteiger charge is -2.21. The molecule has 0 unspecified atom stereocenters. The quantitative estimate of drug-likeness (QED) is 0.782. The molecule has 0 bridgehead atoms. The lowest BCUT2D eigenvalue weighted by Crippen LogP contribution is -2.38. The molecule has 0 atom stereocenters. The molecule has 1 rings (SSSR count). The molecule has 0 aromatic heterocycles. The summed E-state index contributed by atoms with van der Waals surface area (Å²) in [6.07, 6.45) is 0.947. The summed E-state index contributed by atoms with van der Waals surface area (Å²) in [5.74, 6) is 0. The molecule has 0 aliphatic carbocycles. The van der Waals surface area contributed by atoms with Crippen molar-refractivity contribution >= 4 is 11.7 Å². The van der Waals surface area contributed by atoms with Crippen molar-refractivity contribution in [3.05, 3.63) is 30.3 Å². The van der Waals surface area contributed by atoms with E-state index in [0.717, 1.165) is 18.7 Å². The van der Waals surface area contributed by atoms with Crippen LogP contribution >= 0.6 is 0 Å². The van der Waals surface area contributed by atoms with Crippen molar-refractivity contribution in [2.75, 3.05) is 18.5 Å². The second-order valence-corrected chi connectivity index (χ2v) is 3.04. The Kier molecular flexibility index (Phi) is 3.98. The first-order valence-corrected chi connectivity index (χ1v) is 4.84. The lowest BCUT2D eigenvalue weighted by molar-refractivity contribution is 0.248. The molecule has 3 nitrogen and oxygen atoms in total. The fraction of sp³-hybridized carbons (Fsp3) is 0.364. The van der Waals surface area contributed by atoms with Crippen molar-refractivity contribution in [3.63, 3.8) is 0 Å². The van der Waals surface area contributed by atoms with Crippen LogP contribution in [0, 0.1) is 0 Å². The molecule has 1 aromatic rings. The number of urea groups is 1. The Bertz CT molecular complexity index is 285. The molecule has 0 fully saturated rings. The first-order chi connectivity index (χ1) is 6.79. The molecule has 2 amide bonds. The highest BCUT2D eigenvalue weighted by Crippen LogP contribution is 2.13. The summed E-state index contributed by atoms with van der Waals surface area (Å²) < 4.78 is 0. The van der Waals surface area contributed by atoms with Crippen LogP contribution in [-0.4, -0.2) is 19.6 Å². The number of carbonyl (C=O) groups is 1. The molecule has 0 aliphatic rings. The second kappa shape index (κ2) is 5.27. The number of benzene rings is 1. The monoisotopic (exact) mass is 192 g/mol. The van der Waals surface area contributed by atoms with Gasteiger partial charge in [-0.15, -0.1) is 0 Å². The minimum absolute atomic E-state index is 0.0574. The summed E-state index contributed by atoms with van der Waals surface area (Å²) in [7, 11) is 1.65. The largest absolute Gasteiger partial charge is 0.341 e. The third-order valence-electron chi connectivity index (χ3n) is 1.97. The number of para-hydroxylation sites is 1. The molecule has 76 valence electrons. The van der Waals surface area contributed by atoms with Crippen molar-refractivity contribution in [2.45, 2.75) is 13.3 Å². The maximum absolute atomic E-state index is 11.5. The fourth-order valence-corrected chi connectivity index (χ4v) is 1.31. The van der Waals surface area contributed by atoms with Gasteiger partial charge in [-0.05, 0) is 18.6 Å². The number of hydrogen-bond acceptors (Lipinski definition) is 1. The molecular formula is C11H16N2O. The van der Waals surface area contributed by atoms with Gasteiger partial charge in [0.1, 0.15) is 0 Å².